The molecule has 0 amide bonds. The molecule has 3 aromatic rings. The number of fused-ring (bicyclic) bond motifs is 2. The van der Waals surface area contributed by atoms with E-state index in [1.54, 1.807) is 18.2 Å². The van der Waals surface area contributed by atoms with Crippen molar-refractivity contribution in [1.29, 1.82) is 5.26 Å². The summed E-state index contributed by atoms with van der Waals surface area (Å²) in [7, 11) is 0. The minimum Gasteiger partial charge on any atom is -0.425 e. The van der Waals surface area contributed by atoms with Gasteiger partial charge in [-0.1, -0.05) is 30.3 Å². The number of benzene rings is 2. The van der Waals surface area contributed by atoms with Gasteiger partial charge in [-0.25, -0.2) is 0 Å². The van der Waals surface area contributed by atoms with Gasteiger partial charge in [0.05, 0.1) is 22.4 Å². The lowest BCUT2D eigenvalue weighted by Gasteiger charge is -2.26. The third-order valence-electron chi connectivity index (χ3n) is 4.54. The average molecular weight is 384 g/mol. The van der Waals surface area contributed by atoms with Crippen LogP contribution in [-0.4, -0.2) is 0 Å². The maximum Gasteiger partial charge on any atom is 0.416 e. The van der Waals surface area contributed by atoms with E-state index in [9.17, 15) is 23.2 Å². The van der Waals surface area contributed by atoms with Crippen LogP contribution in [0.1, 0.15) is 22.6 Å². The van der Waals surface area contributed by atoms with E-state index in [0.717, 1.165) is 6.07 Å². The summed E-state index contributed by atoms with van der Waals surface area (Å²) in [5, 5.41) is 9.70. The Morgan fingerprint density at radius 3 is 2.46 bits per heavy atom. The molecule has 5 nitrogen and oxygen atoms in total. The van der Waals surface area contributed by atoms with Crippen LogP contribution in [0, 0.1) is 11.3 Å². The minimum atomic E-state index is -4.69. The highest BCUT2D eigenvalue weighted by molar-refractivity contribution is 5.78. The topological polar surface area (TPSA) is 89.2 Å². The van der Waals surface area contributed by atoms with Gasteiger partial charge in [-0.05, 0) is 23.8 Å². The Morgan fingerprint density at radius 2 is 1.75 bits per heavy atom. The van der Waals surface area contributed by atoms with Gasteiger partial charge in [-0.2, -0.15) is 18.4 Å². The van der Waals surface area contributed by atoms with Crippen molar-refractivity contribution in [3.63, 3.8) is 0 Å². The van der Waals surface area contributed by atoms with Crippen LogP contribution in [0.4, 0.5) is 13.2 Å². The highest BCUT2D eigenvalue weighted by Gasteiger charge is 2.41. The van der Waals surface area contributed by atoms with Crippen LogP contribution in [0.2, 0.25) is 0 Å². The Morgan fingerprint density at radius 1 is 1.07 bits per heavy atom. The van der Waals surface area contributed by atoms with Gasteiger partial charge in [0.25, 0.3) is 5.95 Å². The lowest BCUT2D eigenvalue weighted by molar-refractivity contribution is -0.138. The molecule has 0 spiro atoms. The maximum absolute atomic E-state index is 13.6. The van der Waals surface area contributed by atoms with E-state index in [1.165, 1.54) is 30.3 Å². The molecule has 28 heavy (non-hydrogen) atoms. The van der Waals surface area contributed by atoms with Crippen molar-refractivity contribution in [3.8, 4) is 12.0 Å². The molecule has 0 saturated carbocycles. The number of nitrogens with two attached hydrogens (primary N) is 1. The number of nitriles is 1. The zero-order valence-corrected chi connectivity index (χ0v) is 14.1. The summed E-state index contributed by atoms with van der Waals surface area (Å²) in [5.74, 6) is -2.09. The molecular formula is C20H11F3N2O3. The molecular weight excluding hydrogens is 373 g/mol. The second-order valence-electron chi connectivity index (χ2n) is 6.14. The number of para-hydroxylation sites is 1. The van der Waals surface area contributed by atoms with Crippen molar-refractivity contribution in [2.24, 2.45) is 5.73 Å². The maximum atomic E-state index is 13.6. The molecule has 8 heteroatoms. The van der Waals surface area contributed by atoms with Crippen molar-refractivity contribution in [1.82, 2.24) is 0 Å². The number of hydrogen-bond donors (Lipinski definition) is 1. The summed E-state index contributed by atoms with van der Waals surface area (Å²) in [6.07, 6.45) is -4.69. The highest BCUT2D eigenvalue weighted by Crippen LogP contribution is 2.45. The van der Waals surface area contributed by atoms with Crippen LogP contribution >= 0.6 is 0 Å². The number of ether oxygens (including phenoxy) is 1. The van der Waals surface area contributed by atoms with Crippen LogP contribution in [0.25, 0.3) is 11.0 Å². The highest BCUT2D eigenvalue weighted by atomic mass is 19.4. The molecule has 0 unspecified atom stereocenters. The van der Waals surface area contributed by atoms with Gasteiger partial charge in [-0.3, -0.25) is 4.79 Å². The van der Waals surface area contributed by atoms with E-state index < -0.39 is 29.0 Å². The normalized spacial score (nSPS) is 16.4. The predicted molar refractivity (Wildman–Crippen MR) is 93.2 cm³/mol. The molecule has 140 valence electrons. The molecule has 0 radical (unpaired) electrons. The van der Waals surface area contributed by atoms with Crippen LogP contribution < -0.4 is 15.9 Å². The summed E-state index contributed by atoms with van der Waals surface area (Å²) in [5.41, 5.74) is 3.66. The van der Waals surface area contributed by atoms with Crippen molar-refractivity contribution in [3.05, 3.63) is 86.9 Å². The van der Waals surface area contributed by atoms with Crippen LogP contribution in [0.15, 0.2) is 69.2 Å². The number of hydrogen-bond acceptors (Lipinski definition) is 5. The summed E-state index contributed by atoms with van der Waals surface area (Å²) >= 11 is 0. The van der Waals surface area contributed by atoms with E-state index in [0.29, 0.717) is 0 Å². The van der Waals surface area contributed by atoms with Gasteiger partial charge >= 0.3 is 6.18 Å². The van der Waals surface area contributed by atoms with E-state index in [1.807, 2.05) is 0 Å². The fraction of sp³-hybridized carbons (Fsp3) is 0.100. The molecule has 0 aliphatic carbocycles. The van der Waals surface area contributed by atoms with Gasteiger partial charge in [0, 0.05) is 0 Å². The van der Waals surface area contributed by atoms with E-state index >= 15 is 0 Å². The summed E-state index contributed by atoms with van der Waals surface area (Å²) in [6.45, 7) is 0. The standard InChI is InChI=1S/C20H11F3N2O3/c21-20(22,23)13-7-3-1-5-10(13)15-12(9-24)18(25)28-19-16(15)17(26)11-6-2-4-8-14(11)27-19/h1-8,15H,25H2/t15-/m1/s1. The first-order valence-corrected chi connectivity index (χ1v) is 8.12. The van der Waals surface area contributed by atoms with Gasteiger partial charge in [0.15, 0.2) is 0 Å². The quantitative estimate of drug-likeness (QED) is 0.684. The minimum absolute atomic E-state index is 0.164. The summed E-state index contributed by atoms with van der Waals surface area (Å²) < 4.78 is 51.7. The Balaban J connectivity index is 2.11. The molecule has 2 N–H and O–H groups in total. The molecule has 1 aromatic heterocycles. The molecule has 0 fully saturated rings. The third-order valence-corrected chi connectivity index (χ3v) is 4.54. The third kappa shape index (κ3) is 2.60. The first-order chi connectivity index (χ1) is 13.3. The molecule has 1 atom stereocenters. The lowest BCUT2D eigenvalue weighted by Crippen LogP contribution is -2.28. The summed E-state index contributed by atoms with van der Waals surface area (Å²) in [6, 6.07) is 12.8. The number of allylic oxidation sites excluding steroid dienone is 1. The van der Waals surface area contributed by atoms with Gasteiger partial charge in [0.1, 0.15) is 17.2 Å². The van der Waals surface area contributed by atoms with Crippen LogP contribution in [0.5, 0.6) is 5.95 Å². The zero-order valence-electron chi connectivity index (χ0n) is 14.1. The molecule has 0 bridgehead atoms. The molecule has 4 rings (SSSR count). The lowest BCUT2D eigenvalue weighted by atomic mass is 9.82. The Kier molecular flexibility index (Phi) is 3.89. The largest absolute Gasteiger partial charge is 0.425 e. The molecule has 1 aliphatic heterocycles. The second-order valence-corrected chi connectivity index (χ2v) is 6.14. The van der Waals surface area contributed by atoms with Gasteiger partial charge < -0.3 is 14.9 Å². The fourth-order valence-corrected chi connectivity index (χ4v) is 3.34. The summed E-state index contributed by atoms with van der Waals surface area (Å²) in [4.78, 5) is 13.1. The SMILES string of the molecule is N#CC1=C(N)Oc2oc3ccccc3c(=O)c2[C@@H]1c1ccccc1C(F)(F)F. The molecule has 2 aromatic carbocycles. The smallest absolute Gasteiger partial charge is 0.416 e. The predicted octanol–water partition coefficient (Wildman–Crippen LogP) is 4.03. The van der Waals surface area contributed by atoms with E-state index in [2.05, 4.69) is 0 Å². The number of alkyl halides is 3. The van der Waals surface area contributed by atoms with Crippen molar-refractivity contribution in [2.75, 3.05) is 0 Å². The second kappa shape index (κ2) is 6.16. The molecule has 0 saturated heterocycles. The average Bonchev–Trinajstić information content (AvgIpc) is 2.66. The fourth-order valence-electron chi connectivity index (χ4n) is 3.34. The van der Waals surface area contributed by atoms with Crippen molar-refractivity contribution in [2.45, 2.75) is 12.1 Å². The monoisotopic (exact) mass is 384 g/mol. The van der Waals surface area contributed by atoms with E-state index in [-0.39, 0.29) is 33.6 Å². The number of rotatable bonds is 1. The molecule has 1 aliphatic rings. The Labute approximate surface area is 156 Å². The van der Waals surface area contributed by atoms with Gasteiger partial charge in [-0.15, -0.1) is 0 Å². The first kappa shape index (κ1) is 17.7. The number of halogens is 3. The number of nitrogens with zero attached hydrogens (tertiary/aromatic N) is 1. The van der Waals surface area contributed by atoms with Gasteiger partial charge in [0.2, 0.25) is 11.3 Å². The van der Waals surface area contributed by atoms with Crippen LogP contribution in [0.3, 0.4) is 0 Å². The Hall–Kier alpha value is -3.73. The first-order valence-electron chi connectivity index (χ1n) is 8.12. The van der Waals surface area contributed by atoms with E-state index in [4.69, 9.17) is 14.9 Å². The van der Waals surface area contributed by atoms with Crippen LogP contribution in [-0.2, 0) is 6.18 Å². The Bertz CT molecular complexity index is 1240. The zero-order chi connectivity index (χ0) is 20.1. The van der Waals surface area contributed by atoms with Crippen molar-refractivity contribution < 1.29 is 22.3 Å². The van der Waals surface area contributed by atoms with Crippen molar-refractivity contribution >= 4 is 11.0 Å². The molecule has 2 heterocycles.